The van der Waals surface area contributed by atoms with Gasteiger partial charge < -0.3 is 4.57 Å². The molecule has 6 nitrogen and oxygen atoms in total. The lowest BCUT2D eigenvalue weighted by Crippen LogP contribution is -2.18. The highest BCUT2D eigenvalue weighted by atomic mass is 35.5. The largest absolute Gasteiger partial charge is 0.339 e. The van der Waals surface area contributed by atoms with Crippen molar-refractivity contribution in [3.63, 3.8) is 0 Å². The Balaban J connectivity index is 2.24. The molecule has 0 aliphatic heterocycles. The summed E-state index contributed by atoms with van der Waals surface area (Å²) in [5, 5.41) is 9.33. The summed E-state index contributed by atoms with van der Waals surface area (Å²) in [5.74, 6) is 0.0324. The van der Waals surface area contributed by atoms with Crippen LogP contribution in [0.1, 0.15) is 30.4 Å². The first-order valence-corrected chi connectivity index (χ1v) is 5.50. The van der Waals surface area contributed by atoms with E-state index >= 15 is 0 Å². The number of hydrogen-bond acceptors (Lipinski definition) is 3. The van der Waals surface area contributed by atoms with Gasteiger partial charge in [0.2, 0.25) is 5.95 Å². The van der Waals surface area contributed by atoms with Gasteiger partial charge in [0, 0.05) is 12.2 Å². The predicted molar refractivity (Wildman–Crippen MR) is 64.2 cm³/mol. The highest BCUT2D eigenvalue weighted by Crippen LogP contribution is 2.19. The smallest absolute Gasteiger partial charge is 0.274 e. The van der Waals surface area contributed by atoms with Gasteiger partial charge in [-0.05, 0) is 19.9 Å². The van der Waals surface area contributed by atoms with E-state index in [9.17, 15) is 4.79 Å². The quantitative estimate of drug-likeness (QED) is 0.879. The van der Waals surface area contributed by atoms with E-state index in [-0.39, 0.29) is 11.9 Å². The van der Waals surface area contributed by atoms with Gasteiger partial charge in [0.15, 0.2) is 0 Å². The molecule has 0 aliphatic rings. The highest BCUT2D eigenvalue weighted by molar-refractivity contribution is 6.31. The second kappa shape index (κ2) is 4.58. The molecule has 2 aromatic heterocycles. The van der Waals surface area contributed by atoms with E-state index in [0.717, 1.165) is 0 Å². The van der Waals surface area contributed by atoms with Crippen molar-refractivity contribution in [2.45, 2.75) is 19.9 Å². The zero-order valence-corrected chi connectivity index (χ0v) is 10.2. The van der Waals surface area contributed by atoms with Crippen LogP contribution in [0.5, 0.6) is 0 Å². The van der Waals surface area contributed by atoms with E-state index in [1.165, 1.54) is 6.33 Å². The normalized spacial score (nSPS) is 10.8. The number of carbonyl (C=O) groups excluding carboxylic acids is 1. The molecule has 2 heterocycles. The molecule has 0 radical (unpaired) electrons. The van der Waals surface area contributed by atoms with Crippen LogP contribution >= 0.6 is 11.6 Å². The number of hydrogen-bond donors (Lipinski definition) is 2. The minimum atomic E-state index is -0.276. The zero-order chi connectivity index (χ0) is 12.4. The summed E-state index contributed by atoms with van der Waals surface area (Å²) in [4.78, 5) is 15.8. The maximum atomic E-state index is 12.0. The molecule has 90 valence electrons. The van der Waals surface area contributed by atoms with Crippen LogP contribution in [0, 0.1) is 0 Å². The summed E-state index contributed by atoms with van der Waals surface area (Å²) in [6.45, 7) is 3.95. The highest BCUT2D eigenvalue weighted by Gasteiger charge is 2.15. The van der Waals surface area contributed by atoms with Gasteiger partial charge in [-0.25, -0.2) is 5.10 Å². The number of nitrogens with one attached hydrogen (secondary N) is 2. The molecule has 0 unspecified atom stereocenters. The lowest BCUT2D eigenvalue weighted by molar-refractivity contribution is 0.101. The number of anilines is 1. The Morgan fingerprint density at radius 3 is 2.94 bits per heavy atom. The van der Waals surface area contributed by atoms with Gasteiger partial charge in [-0.2, -0.15) is 10.1 Å². The number of carbonyl (C=O) groups is 1. The van der Waals surface area contributed by atoms with Gasteiger partial charge >= 0.3 is 0 Å². The Kier molecular flexibility index (Phi) is 3.14. The second-order valence-electron chi connectivity index (χ2n) is 3.83. The lowest BCUT2D eigenvalue weighted by Gasteiger charge is -2.11. The van der Waals surface area contributed by atoms with E-state index in [0.29, 0.717) is 16.7 Å². The van der Waals surface area contributed by atoms with Crippen LogP contribution in [0.15, 0.2) is 18.6 Å². The maximum absolute atomic E-state index is 12.0. The average molecular weight is 254 g/mol. The van der Waals surface area contributed by atoms with Gasteiger partial charge in [-0.3, -0.25) is 10.1 Å². The Labute approximate surface area is 103 Å². The van der Waals surface area contributed by atoms with Crippen molar-refractivity contribution in [3.05, 3.63) is 29.3 Å². The first-order chi connectivity index (χ1) is 8.08. The van der Waals surface area contributed by atoms with Crippen molar-refractivity contribution >= 4 is 23.5 Å². The summed E-state index contributed by atoms with van der Waals surface area (Å²) in [5.41, 5.74) is 0.487. The molecule has 7 heteroatoms. The Morgan fingerprint density at radius 1 is 1.59 bits per heavy atom. The molecular weight excluding hydrogens is 242 g/mol. The van der Waals surface area contributed by atoms with Crippen LogP contribution in [-0.4, -0.2) is 25.7 Å². The van der Waals surface area contributed by atoms with Gasteiger partial charge in [0.05, 0.1) is 5.02 Å². The van der Waals surface area contributed by atoms with Crippen LogP contribution in [-0.2, 0) is 0 Å². The van der Waals surface area contributed by atoms with Gasteiger partial charge in [0.1, 0.15) is 12.0 Å². The van der Waals surface area contributed by atoms with Crippen LogP contribution < -0.4 is 5.32 Å². The first kappa shape index (κ1) is 11.7. The number of aromatic nitrogens is 4. The van der Waals surface area contributed by atoms with Crippen molar-refractivity contribution < 1.29 is 4.79 Å². The molecule has 0 spiro atoms. The molecular formula is C10H12ClN5O. The molecule has 1 amide bonds. The summed E-state index contributed by atoms with van der Waals surface area (Å²) in [6.07, 6.45) is 3.05. The Hall–Kier alpha value is -1.82. The summed E-state index contributed by atoms with van der Waals surface area (Å²) in [6, 6.07) is 1.77. The number of amides is 1. The fraction of sp³-hybridized carbons (Fsp3) is 0.300. The number of H-pyrrole nitrogens is 1. The average Bonchev–Trinajstić information content (AvgIpc) is 2.86. The lowest BCUT2D eigenvalue weighted by atomic mass is 10.3. The third kappa shape index (κ3) is 2.47. The number of nitrogens with zero attached hydrogens (tertiary/aromatic N) is 3. The van der Waals surface area contributed by atoms with E-state index in [4.69, 9.17) is 11.6 Å². The SMILES string of the molecule is CC(C)n1cc(Cl)cc1C(=O)Nc1ncn[nH]1. The standard InChI is InChI=1S/C10H12ClN5O/c1-6(2)16-4-7(11)3-8(16)9(17)14-10-12-5-13-15-10/h3-6H,1-2H3,(H2,12,13,14,15,17). The molecule has 17 heavy (non-hydrogen) atoms. The first-order valence-electron chi connectivity index (χ1n) is 5.12. The van der Waals surface area contributed by atoms with Crippen molar-refractivity contribution in [2.24, 2.45) is 0 Å². The van der Waals surface area contributed by atoms with E-state index in [2.05, 4.69) is 20.5 Å². The molecule has 2 aromatic rings. The Bertz CT molecular complexity index is 517. The van der Waals surface area contributed by atoms with Crippen molar-refractivity contribution in [1.82, 2.24) is 19.7 Å². The van der Waals surface area contributed by atoms with Gasteiger partial charge in [-0.1, -0.05) is 11.6 Å². The summed E-state index contributed by atoms with van der Waals surface area (Å²) in [7, 11) is 0. The second-order valence-corrected chi connectivity index (χ2v) is 4.27. The topological polar surface area (TPSA) is 75.6 Å². The van der Waals surface area contributed by atoms with E-state index < -0.39 is 0 Å². The fourth-order valence-electron chi connectivity index (χ4n) is 1.49. The van der Waals surface area contributed by atoms with Crippen molar-refractivity contribution in [3.8, 4) is 0 Å². The molecule has 0 aromatic carbocycles. The molecule has 2 rings (SSSR count). The molecule has 2 N–H and O–H groups in total. The molecule has 0 atom stereocenters. The fourth-order valence-corrected chi connectivity index (χ4v) is 1.70. The van der Waals surface area contributed by atoms with Crippen LogP contribution in [0.2, 0.25) is 5.02 Å². The summed E-state index contributed by atoms with van der Waals surface area (Å²) < 4.78 is 1.80. The molecule has 0 saturated heterocycles. The minimum absolute atomic E-state index is 0.151. The third-order valence-corrected chi connectivity index (χ3v) is 2.46. The molecule has 0 fully saturated rings. The summed E-state index contributed by atoms with van der Waals surface area (Å²) >= 11 is 5.90. The zero-order valence-electron chi connectivity index (χ0n) is 9.44. The van der Waals surface area contributed by atoms with E-state index in [1.54, 1.807) is 16.8 Å². The number of rotatable bonds is 3. The number of halogens is 1. The molecule has 0 saturated carbocycles. The maximum Gasteiger partial charge on any atom is 0.274 e. The van der Waals surface area contributed by atoms with Gasteiger partial charge in [-0.15, -0.1) is 0 Å². The molecule has 0 aliphatic carbocycles. The minimum Gasteiger partial charge on any atom is -0.339 e. The van der Waals surface area contributed by atoms with Crippen LogP contribution in [0.4, 0.5) is 5.95 Å². The monoisotopic (exact) mass is 253 g/mol. The van der Waals surface area contributed by atoms with Gasteiger partial charge in [0.25, 0.3) is 5.91 Å². The Morgan fingerprint density at radius 2 is 2.35 bits per heavy atom. The number of aromatic amines is 1. The van der Waals surface area contributed by atoms with E-state index in [1.807, 2.05) is 13.8 Å². The third-order valence-electron chi connectivity index (χ3n) is 2.25. The van der Waals surface area contributed by atoms with Crippen molar-refractivity contribution in [2.75, 3.05) is 5.32 Å². The molecule has 0 bridgehead atoms. The van der Waals surface area contributed by atoms with Crippen LogP contribution in [0.25, 0.3) is 0 Å². The van der Waals surface area contributed by atoms with Crippen molar-refractivity contribution in [1.29, 1.82) is 0 Å². The predicted octanol–water partition coefficient (Wildman–Crippen LogP) is 2.09. The van der Waals surface area contributed by atoms with Crippen LogP contribution in [0.3, 0.4) is 0 Å².